The molecule has 0 amide bonds. The van der Waals surface area contributed by atoms with Crippen LogP contribution < -0.4 is 0 Å². The van der Waals surface area contributed by atoms with Crippen molar-refractivity contribution < 1.29 is 24.3 Å². The van der Waals surface area contributed by atoms with Crippen molar-refractivity contribution >= 4 is 29.0 Å². The Bertz CT molecular complexity index is 545. The number of carboxylic acids is 1. The van der Waals surface area contributed by atoms with Crippen LogP contribution in [0.4, 0.5) is 0 Å². The molecule has 0 aliphatic heterocycles. The van der Waals surface area contributed by atoms with E-state index >= 15 is 0 Å². The maximum atomic E-state index is 11.4. The highest BCUT2D eigenvalue weighted by molar-refractivity contribution is 7.09. The number of carbonyl (C=O) groups is 2. The number of esters is 1. The summed E-state index contributed by atoms with van der Waals surface area (Å²) in [6, 6.07) is 0. The fraction of sp³-hybridized carbons (Fsp3) is 0.538. The van der Waals surface area contributed by atoms with Crippen molar-refractivity contribution in [2.24, 2.45) is 5.16 Å². The highest BCUT2D eigenvalue weighted by Gasteiger charge is 2.19. The molecule has 116 valence electrons. The summed E-state index contributed by atoms with van der Waals surface area (Å²) in [5.74, 6) is -1.89. The molecule has 0 radical (unpaired) electrons. The van der Waals surface area contributed by atoms with Crippen LogP contribution in [0.1, 0.15) is 38.4 Å². The lowest BCUT2D eigenvalue weighted by Crippen LogP contribution is -2.26. The molecule has 1 aromatic rings. The molecule has 1 heterocycles. The fourth-order valence-electron chi connectivity index (χ4n) is 1.30. The minimum absolute atomic E-state index is 0.216. The van der Waals surface area contributed by atoms with E-state index in [0.29, 0.717) is 6.42 Å². The molecule has 0 spiro atoms. The number of hydrogen-bond donors (Lipinski definition) is 1. The molecule has 0 aliphatic carbocycles. The van der Waals surface area contributed by atoms with Gasteiger partial charge in [0.2, 0.25) is 12.3 Å². The summed E-state index contributed by atoms with van der Waals surface area (Å²) >= 11 is 1.34. The van der Waals surface area contributed by atoms with Crippen LogP contribution in [-0.2, 0) is 25.6 Å². The van der Waals surface area contributed by atoms with Crippen molar-refractivity contribution in [3.8, 4) is 0 Å². The summed E-state index contributed by atoms with van der Waals surface area (Å²) in [6.07, 6.45) is 0.705. The van der Waals surface area contributed by atoms with E-state index in [9.17, 15) is 9.59 Å². The quantitative estimate of drug-likeness (QED) is 0.489. The molecule has 1 rings (SSSR count). The second kappa shape index (κ2) is 7.16. The van der Waals surface area contributed by atoms with Crippen molar-refractivity contribution in [2.45, 2.75) is 39.7 Å². The van der Waals surface area contributed by atoms with Crippen molar-refractivity contribution in [3.63, 3.8) is 0 Å². The topological polar surface area (TPSA) is 98.1 Å². The zero-order valence-corrected chi connectivity index (χ0v) is 13.2. The molecular formula is C13H18N2O5S. The van der Waals surface area contributed by atoms with E-state index in [4.69, 9.17) is 14.7 Å². The third-order valence-electron chi connectivity index (χ3n) is 2.06. The first-order valence-electron chi connectivity index (χ1n) is 6.32. The molecule has 7 nitrogen and oxygen atoms in total. The molecule has 1 aromatic heterocycles. The van der Waals surface area contributed by atoms with Gasteiger partial charge in [-0.2, -0.15) is 0 Å². The van der Waals surface area contributed by atoms with Gasteiger partial charge in [0.15, 0.2) is 0 Å². The Morgan fingerprint density at radius 2 is 2.10 bits per heavy atom. The summed E-state index contributed by atoms with van der Waals surface area (Å²) < 4.78 is 5.01. The SMILES string of the molecule is CCc1nc(/C(=N/OCC(=O)OC(C)(C)C)C(=O)O)cs1. The number of oxime groups is 1. The first-order valence-corrected chi connectivity index (χ1v) is 7.20. The van der Waals surface area contributed by atoms with E-state index in [1.807, 2.05) is 6.92 Å². The maximum absolute atomic E-state index is 11.4. The second-order valence-electron chi connectivity index (χ2n) is 5.08. The number of carboxylic acid groups (broad SMARTS) is 1. The minimum atomic E-state index is -1.27. The Balaban J connectivity index is 2.69. The lowest BCUT2D eigenvalue weighted by molar-refractivity contribution is -0.160. The van der Waals surface area contributed by atoms with E-state index in [1.54, 1.807) is 26.2 Å². The van der Waals surface area contributed by atoms with Crippen LogP contribution >= 0.6 is 11.3 Å². The molecule has 1 N–H and O–H groups in total. The van der Waals surface area contributed by atoms with Crippen molar-refractivity contribution in [1.29, 1.82) is 0 Å². The summed E-state index contributed by atoms with van der Waals surface area (Å²) in [5.41, 5.74) is -0.756. The number of aliphatic carboxylic acids is 1. The number of nitrogens with zero attached hydrogens (tertiary/aromatic N) is 2. The van der Waals surface area contributed by atoms with Crippen molar-refractivity contribution in [1.82, 2.24) is 4.98 Å². The van der Waals surface area contributed by atoms with Crippen LogP contribution in [0.25, 0.3) is 0 Å². The third kappa shape index (κ3) is 5.90. The van der Waals surface area contributed by atoms with Gasteiger partial charge < -0.3 is 14.7 Å². The summed E-state index contributed by atoms with van der Waals surface area (Å²) in [7, 11) is 0. The van der Waals surface area contributed by atoms with Crippen LogP contribution in [0.5, 0.6) is 0 Å². The van der Waals surface area contributed by atoms with Crippen LogP contribution in [0, 0.1) is 0 Å². The zero-order chi connectivity index (χ0) is 16.0. The second-order valence-corrected chi connectivity index (χ2v) is 6.03. The van der Waals surface area contributed by atoms with E-state index in [-0.39, 0.29) is 11.4 Å². The van der Waals surface area contributed by atoms with Gasteiger partial charge >= 0.3 is 11.9 Å². The molecule has 0 aliphatic rings. The Morgan fingerprint density at radius 1 is 1.43 bits per heavy atom. The van der Waals surface area contributed by atoms with Crippen molar-refractivity contribution in [3.05, 3.63) is 16.1 Å². The lowest BCUT2D eigenvalue weighted by atomic mass is 10.2. The molecule has 0 atom stereocenters. The molecule has 0 unspecified atom stereocenters. The van der Waals surface area contributed by atoms with E-state index in [2.05, 4.69) is 10.1 Å². The van der Waals surface area contributed by atoms with Crippen molar-refractivity contribution in [2.75, 3.05) is 6.61 Å². The van der Waals surface area contributed by atoms with Gasteiger partial charge in [-0.3, -0.25) is 0 Å². The number of thiazole rings is 1. The van der Waals surface area contributed by atoms with Gasteiger partial charge in [-0.05, 0) is 27.2 Å². The van der Waals surface area contributed by atoms with Crippen LogP contribution in [0.15, 0.2) is 10.5 Å². The Morgan fingerprint density at radius 3 is 2.57 bits per heavy atom. The fourth-order valence-corrected chi connectivity index (χ4v) is 2.03. The Kier molecular flexibility index (Phi) is 5.83. The summed E-state index contributed by atoms with van der Waals surface area (Å²) in [4.78, 5) is 31.4. The van der Waals surface area contributed by atoms with E-state index < -0.39 is 24.1 Å². The molecule has 8 heteroatoms. The average molecular weight is 314 g/mol. The standard InChI is InChI=1S/C13H18N2O5S/c1-5-9-14-8(7-21-9)11(12(17)18)15-19-6-10(16)20-13(2,3)4/h7H,5-6H2,1-4H3,(H,17,18)/b15-11-. The number of aromatic nitrogens is 1. The van der Waals surface area contributed by atoms with E-state index in [1.165, 1.54) is 11.3 Å². The predicted molar refractivity (Wildman–Crippen MR) is 77.5 cm³/mol. The monoisotopic (exact) mass is 314 g/mol. The molecule has 21 heavy (non-hydrogen) atoms. The van der Waals surface area contributed by atoms with Crippen LogP contribution in [0.2, 0.25) is 0 Å². The molecule has 0 fully saturated rings. The van der Waals surface area contributed by atoms with Gasteiger partial charge in [0.1, 0.15) is 11.3 Å². The maximum Gasteiger partial charge on any atom is 0.360 e. The third-order valence-corrected chi connectivity index (χ3v) is 3.05. The van der Waals surface area contributed by atoms with Gasteiger partial charge in [0.05, 0.1) is 5.01 Å². The van der Waals surface area contributed by atoms with Gasteiger partial charge in [-0.1, -0.05) is 12.1 Å². The molecular weight excluding hydrogens is 296 g/mol. The smallest absolute Gasteiger partial charge is 0.360 e. The number of rotatable bonds is 6. The number of hydrogen-bond acceptors (Lipinski definition) is 7. The largest absolute Gasteiger partial charge is 0.476 e. The molecule has 0 aromatic carbocycles. The normalized spacial score (nSPS) is 12.1. The van der Waals surface area contributed by atoms with Gasteiger partial charge in [0.25, 0.3) is 0 Å². The first-order chi connectivity index (χ1) is 9.73. The van der Waals surface area contributed by atoms with Gasteiger partial charge in [-0.25, -0.2) is 14.6 Å². The molecule has 0 saturated carbocycles. The highest BCUT2D eigenvalue weighted by atomic mass is 32.1. The minimum Gasteiger partial charge on any atom is -0.476 e. The predicted octanol–water partition coefficient (Wildman–Crippen LogP) is 1.85. The van der Waals surface area contributed by atoms with Gasteiger partial charge in [0, 0.05) is 5.38 Å². The summed E-state index contributed by atoms with van der Waals surface area (Å²) in [5, 5.41) is 15.0. The average Bonchev–Trinajstić information content (AvgIpc) is 2.80. The number of carbonyl (C=O) groups excluding carboxylic acids is 1. The Hall–Kier alpha value is -1.96. The van der Waals surface area contributed by atoms with Gasteiger partial charge in [-0.15, -0.1) is 11.3 Å². The Labute approximate surface area is 126 Å². The first kappa shape index (κ1) is 17.1. The molecule has 0 saturated heterocycles. The summed E-state index contributed by atoms with van der Waals surface area (Å²) in [6.45, 7) is 6.62. The highest BCUT2D eigenvalue weighted by Crippen LogP contribution is 2.12. The van der Waals surface area contributed by atoms with E-state index in [0.717, 1.165) is 5.01 Å². The number of aryl methyl sites for hydroxylation is 1. The zero-order valence-electron chi connectivity index (χ0n) is 12.4. The molecule has 0 bridgehead atoms. The lowest BCUT2D eigenvalue weighted by Gasteiger charge is -2.18. The number of ether oxygens (including phenoxy) is 1. The van der Waals surface area contributed by atoms with Crippen LogP contribution in [-0.4, -0.2) is 39.9 Å². The van der Waals surface area contributed by atoms with Crippen LogP contribution in [0.3, 0.4) is 0 Å².